The highest BCUT2D eigenvalue weighted by Gasteiger charge is 2.83. The fourth-order valence-corrected chi connectivity index (χ4v) is 6.63. The first-order chi connectivity index (χ1) is 19.5. The third-order valence-electron chi connectivity index (χ3n) is 8.41. The number of cyclic esters (lactones) is 2. The summed E-state index contributed by atoms with van der Waals surface area (Å²) >= 11 is 0. The molecule has 1 saturated carbocycles. The zero-order valence-electron chi connectivity index (χ0n) is 22.1. The fourth-order valence-electron chi connectivity index (χ4n) is 6.63. The summed E-state index contributed by atoms with van der Waals surface area (Å²) in [5.74, 6) is -1.97. The summed E-state index contributed by atoms with van der Waals surface area (Å²) in [4.78, 5) is 38.6. The third kappa shape index (κ3) is 3.22. The maximum absolute atomic E-state index is 14.2. The van der Waals surface area contributed by atoms with Gasteiger partial charge in [0.25, 0.3) is 0 Å². The van der Waals surface area contributed by atoms with Gasteiger partial charge in [-0.2, -0.15) is 0 Å². The molecule has 2 heterocycles. The second kappa shape index (κ2) is 8.85. The molecule has 0 bridgehead atoms. The van der Waals surface area contributed by atoms with Gasteiger partial charge in [-0.3, -0.25) is 0 Å². The SMILES string of the molecule is Cc1ccccc1C1C2(N=C(c3ccccc3)OC2=O)C(c2ccccc2C)C12N=C(c1ccccc1)OC2=O. The van der Waals surface area contributed by atoms with Crippen LogP contribution in [0, 0.1) is 13.8 Å². The fraction of sp³-hybridized carbons (Fsp3) is 0.176. The van der Waals surface area contributed by atoms with Gasteiger partial charge in [0.1, 0.15) is 0 Å². The van der Waals surface area contributed by atoms with Crippen LogP contribution < -0.4 is 0 Å². The van der Waals surface area contributed by atoms with E-state index in [9.17, 15) is 9.59 Å². The van der Waals surface area contributed by atoms with E-state index in [1.165, 1.54) is 0 Å². The molecule has 0 unspecified atom stereocenters. The van der Waals surface area contributed by atoms with E-state index in [1.807, 2.05) is 123 Å². The predicted molar refractivity (Wildman–Crippen MR) is 151 cm³/mol. The molecule has 1 fully saturated rings. The number of aryl methyl sites for hydroxylation is 2. The number of aliphatic imine (C=N–C) groups is 2. The quantitative estimate of drug-likeness (QED) is 0.321. The highest BCUT2D eigenvalue weighted by molar-refractivity contribution is 6.15. The van der Waals surface area contributed by atoms with Gasteiger partial charge in [-0.1, -0.05) is 84.9 Å². The van der Waals surface area contributed by atoms with Crippen molar-refractivity contribution in [2.75, 3.05) is 0 Å². The van der Waals surface area contributed by atoms with Crippen LogP contribution in [-0.4, -0.2) is 34.8 Å². The number of carbonyl (C=O) groups is 2. The minimum absolute atomic E-state index is 0.247. The molecule has 1 aliphatic carbocycles. The molecule has 0 N–H and O–H groups in total. The second-order valence-corrected chi connectivity index (χ2v) is 10.6. The summed E-state index contributed by atoms with van der Waals surface area (Å²) in [5.41, 5.74) is 2.06. The number of hydrogen-bond donors (Lipinski definition) is 0. The normalized spacial score (nSPS) is 26.8. The number of esters is 2. The van der Waals surface area contributed by atoms with Gasteiger partial charge in [0, 0.05) is 11.1 Å². The Morgan fingerprint density at radius 2 is 0.875 bits per heavy atom. The molecular weight excluding hydrogens is 500 g/mol. The van der Waals surface area contributed by atoms with E-state index in [4.69, 9.17) is 19.5 Å². The van der Waals surface area contributed by atoms with E-state index in [0.29, 0.717) is 11.1 Å². The van der Waals surface area contributed by atoms with Crippen molar-refractivity contribution in [3.05, 3.63) is 143 Å². The van der Waals surface area contributed by atoms with E-state index in [1.54, 1.807) is 0 Å². The Labute approximate surface area is 232 Å². The number of ether oxygens (including phenoxy) is 2. The first-order valence-corrected chi connectivity index (χ1v) is 13.3. The molecule has 0 amide bonds. The molecule has 0 atom stereocenters. The van der Waals surface area contributed by atoms with Crippen LogP contribution in [0.25, 0.3) is 0 Å². The Bertz CT molecular complexity index is 1590. The molecule has 2 aliphatic heterocycles. The van der Waals surface area contributed by atoms with Crippen molar-refractivity contribution >= 4 is 23.7 Å². The largest absolute Gasteiger partial charge is 0.405 e. The highest BCUT2D eigenvalue weighted by atomic mass is 16.6. The molecule has 6 nitrogen and oxygen atoms in total. The molecule has 3 aliphatic rings. The van der Waals surface area contributed by atoms with E-state index in [-0.39, 0.29) is 11.8 Å². The zero-order valence-corrected chi connectivity index (χ0v) is 22.1. The van der Waals surface area contributed by atoms with Gasteiger partial charge in [0.05, 0.1) is 11.8 Å². The second-order valence-electron chi connectivity index (χ2n) is 10.6. The van der Waals surface area contributed by atoms with Crippen molar-refractivity contribution in [1.82, 2.24) is 0 Å². The lowest BCUT2D eigenvalue weighted by Gasteiger charge is -2.58. The van der Waals surface area contributed by atoms with Crippen LogP contribution in [-0.2, 0) is 19.1 Å². The van der Waals surface area contributed by atoms with Crippen molar-refractivity contribution < 1.29 is 19.1 Å². The average molecular weight is 527 g/mol. The van der Waals surface area contributed by atoms with Crippen molar-refractivity contribution in [2.24, 2.45) is 9.98 Å². The van der Waals surface area contributed by atoms with Gasteiger partial charge < -0.3 is 9.47 Å². The van der Waals surface area contributed by atoms with E-state index >= 15 is 0 Å². The Morgan fingerprint density at radius 3 is 1.25 bits per heavy atom. The summed E-state index contributed by atoms with van der Waals surface area (Å²) in [6.07, 6.45) is 0. The van der Waals surface area contributed by atoms with E-state index in [2.05, 4.69) is 0 Å². The first-order valence-electron chi connectivity index (χ1n) is 13.3. The number of rotatable bonds is 4. The number of hydrogen-bond acceptors (Lipinski definition) is 6. The van der Waals surface area contributed by atoms with Gasteiger partial charge in [-0.25, -0.2) is 19.6 Å². The summed E-state index contributed by atoms with van der Waals surface area (Å²) in [6, 6.07) is 34.3. The summed E-state index contributed by atoms with van der Waals surface area (Å²) < 4.78 is 11.9. The van der Waals surface area contributed by atoms with Crippen LogP contribution in [0.3, 0.4) is 0 Å². The third-order valence-corrected chi connectivity index (χ3v) is 8.41. The molecule has 7 rings (SSSR count). The number of benzene rings is 4. The lowest BCUT2D eigenvalue weighted by Crippen LogP contribution is -2.73. The molecule has 6 heteroatoms. The van der Waals surface area contributed by atoms with Gasteiger partial charge in [-0.15, -0.1) is 0 Å². The van der Waals surface area contributed by atoms with Gasteiger partial charge in [0.2, 0.25) is 11.8 Å². The maximum Gasteiger partial charge on any atom is 0.342 e. The number of carbonyl (C=O) groups excluding carboxylic acids is 2. The predicted octanol–water partition coefficient (Wildman–Crippen LogP) is 5.67. The minimum Gasteiger partial charge on any atom is -0.405 e. The molecular formula is C34H26N2O4. The summed E-state index contributed by atoms with van der Waals surface area (Å²) in [5, 5.41) is 0. The zero-order chi connectivity index (χ0) is 27.5. The average Bonchev–Trinajstić information content (AvgIpc) is 3.52. The Hall–Kier alpha value is -4.84. The van der Waals surface area contributed by atoms with Gasteiger partial charge >= 0.3 is 11.9 Å². The molecule has 2 spiro atoms. The van der Waals surface area contributed by atoms with Crippen LogP contribution in [0.4, 0.5) is 0 Å². The van der Waals surface area contributed by atoms with Gasteiger partial charge in [-0.05, 0) is 60.4 Å². The molecule has 4 aromatic carbocycles. The highest BCUT2D eigenvalue weighted by Crippen LogP contribution is 2.70. The minimum atomic E-state index is -1.42. The lowest BCUT2D eigenvalue weighted by molar-refractivity contribution is -0.158. The van der Waals surface area contributed by atoms with Crippen molar-refractivity contribution in [2.45, 2.75) is 36.8 Å². The lowest BCUT2D eigenvalue weighted by atomic mass is 9.43. The molecule has 0 saturated heterocycles. The molecule has 196 valence electrons. The van der Waals surface area contributed by atoms with Crippen LogP contribution in [0.15, 0.2) is 119 Å². The monoisotopic (exact) mass is 526 g/mol. The number of nitrogens with zero attached hydrogens (tertiary/aromatic N) is 2. The van der Waals surface area contributed by atoms with E-state index in [0.717, 1.165) is 22.3 Å². The Balaban J connectivity index is 1.54. The Morgan fingerprint density at radius 1 is 0.525 bits per heavy atom. The van der Waals surface area contributed by atoms with Crippen molar-refractivity contribution in [1.29, 1.82) is 0 Å². The molecule has 0 aromatic heterocycles. The van der Waals surface area contributed by atoms with Crippen LogP contribution >= 0.6 is 0 Å². The summed E-state index contributed by atoms with van der Waals surface area (Å²) in [6.45, 7) is 3.95. The van der Waals surface area contributed by atoms with Crippen LogP contribution in [0.1, 0.15) is 45.2 Å². The molecule has 40 heavy (non-hydrogen) atoms. The van der Waals surface area contributed by atoms with Crippen LogP contribution in [0.5, 0.6) is 0 Å². The van der Waals surface area contributed by atoms with Crippen molar-refractivity contribution in [3.8, 4) is 0 Å². The van der Waals surface area contributed by atoms with Crippen LogP contribution in [0.2, 0.25) is 0 Å². The van der Waals surface area contributed by atoms with Gasteiger partial charge in [0.15, 0.2) is 11.1 Å². The van der Waals surface area contributed by atoms with E-state index < -0.39 is 34.9 Å². The maximum atomic E-state index is 14.2. The summed E-state index contributed by atoms with van der Waals surface area (Å²) in [7, 11) is 0. The molecule has 0 radical (unpaired) electrons. The van der Waals surface area contributed by atoms with Crippen molar-refractivity contribution in [3.63, 3.8) is 0 Å². The first kappa shape index (κ1) is 24.2. The smallest absolute Gasteiger partial charge is 0.342 e. The standard InChI is InChI=1S/C34H26N2O4/c1-21-13-9-11-19-25(21)27-33(31(37)39-29(35-33)23-15-5-3-6-16-23)28(26-20-12-10-14-22(26)2)34(27)32(38)40-30(36-34)24-17-7-4-8-18-24/h3-20,27-28H,1-2H3. The Kier molecular flexibility index (Phi) is 5.36. The molecule has 4 aromatic rings. The topological polar surface area (TPSA) is 77.3 Å².